The molecule has 0 spiro atoms. The van der Waals surface area contributed by atoms with Crippen LogP contribution in [0.25, 0.3) is 0 Å². The first-order chi connectivity index (χ1) is 8.90. The Kier molecular flexibility index (Phi) is 16.6. The van der Waals surface area contributed by atoms with E-state index in [9.17, 15) is 0 Å². The Morgan fingerprint density at radius 1 is 0.625 bits per heavy atom. The molecule has 0 heterocycles. The van der Waals surface area contributed by atoms with Gasteiger partial charge in [-0.15, -0.1) is 38.7 Å². The maximum atomic E-state index is 3.44. The van der Waals surface area contributed by atoms with E-state index in [-0.39, 0.29) is 96.8 Å². The fraction of sp³-hybridized carbons (Fsp3) is 0.600. The first kappa shape index (κ1) is 33.1. The number of hydrogen-bond acceptors (Lipinski definition) is 0. The van der Waals surface area contributed by atoms with E-state index in [1.54, 1.807) is 0 Å². The van der Waals surface area contributed by atoms with Gasteiger partial charge in [0.1, 0.15) is 0 Å². The Bertz CT molecular complexity index is 506. The molecule has 134 valence electrons. The molecule has 0 amide bonds. The largest absolute Gasteiger partial charge is 1.00 e. The fourth-order valence-electron chi connectivity index (χ4n) is 2.81. The number of hydrogen-bond donors (Lipinski definition) is 0. The van der Waals surface area contributed by atoms with E-state index in [2.05, 4.69) is 81.4 Å². The number of allylic oxidation sites excluding steroid dienone is 8. The molecule has 2 rings (SSSR count). The van der Waals surface area contributed by atoms with Crippen LogP contribution < -0.4 is 18.9 Å². The van der Waals surface area contributed by atoms with E-state index in [1.807, 2.05) is 0 Å². The van der Waals surface area contributed by atoms with Crippen molar-refractivity contribution in [1.29, 1.82) is 0 Å². The third kappa shape index (κ3) is 7.62. The summed E-state index contributed by atoms with van der Waals surface area (Å²) in [5, 5.41) is 0. The smallest absolute Gasteiger partial charge is 1.00 e. The summed E-state index contributed by atoms with van der Waals surface area (Å²) in [5.74, 6) is 0. The molecular weight excluding hydrogens is 462 g/mol. The normalized spacial score (nSPS) is 19.6. The molecule has 4 heteroatoms. The van der Waals surface area contributed by atoms with Crippen molar-refractivity contribution in [3.63, 3.8) is 0 Å². The standard InChI is InChI=1S/2C10H15.2ClH.Li.Nd.H/c2*1-7-6-10(4,5)9(3)8(7)2;;;;;/h2*1-5H3;2*1H;;;/q2*-1;;;+1;;-1. The van der Waals surface area contributed by atoms with Crippen LogP contribution in [-0.2, 0) is 0 Å². The zero-order chi connectivity index (χ0) is 15.9. The van der Waals surface area contributed by atoms with Gasteiger partial charge in [0.25, 0.3) is 0 Å². The second kappa shape index (κ2) is 12.0. The van der Waals surface area contributed by atoms with Crippen LogP contribution in [0.15, 0.2) is 33.4 Å². The van der Waals surface area contributed by atoms with Crippen molar-refractivity contribution < 1.29 is 61.1 Å². The van der Waals surface area contributed by atoms with Crippen LogP contribution in [-0.4, -0.2) is 0 Å². The molecule has 2 aliphatic rings. The summed E-state index contributed by atoms with van der Waals surface area (Å²) in [6.45, 7) is 21.8. The molecule has 0 N–H and O–H groups in total. The van der Waals surface area contributed by atoms with Crippen molar-refractivity contribution in [2.45, 2.75) is 69.2 Å². The quantitative estimate of drug-likeness (QED) is 0.349. The van der Waals surface area contributed by atoms with Gasteiger partial charge in [-0.05, 0) is 0 Å². The summed E-state index contributed by atoms with van der Waals surface area (Å²) in [7, 11) is 0. The minimum Gasteiger partial charge on any atom is -1.00 e. The minimum atomic E-state index is 0. The fourth-order valence-corrected chi connectivity index (χ4v) is 2.81. The van der Waals surface area contributed by atoms with Crippen LogP contribution >= 0.6 is 24.8 Å². The molecule has 0 fully saturated rings. The molecule has 0 aromatic rings. The molecule has 0 nitrogen and oxygen atoms in total. The van der Waals surface area contributed by atoms with E-state index in [1.165, 1.54) is 33.4 Å². The van der Waals surface area contributed by atoms with Crippen LogP contribution in [0.2, 0.25) is 0 Å². The summed E-state index contributed by atoms with van der Waals surface area (Å²) >= 11 is 0. The summed E-state index contributed by atoms with van der Waals surface area (Å²) in [6, 6.07) is 0. The van der Waals surface area contributed by atoms with Crippen LogP contribution in [0.5, 0.6) is 0 Å². The molecule has 0 bridgehead atoms. The Morgan fingerprint density at radius 3 is 0.875 bits per heavy atom. The van der Waals surface area contributed by atoms with E-state index >= 15 is 0 Å². The van der Waals surface area contributed by atoms with Crippen LogP contribution in [0, 0.1) is 63.8 Å². The first-order valence-corrected chi connectivity index (χ1v) is 7.50. The van der Waals surface area contributed by atoms with E-state index in [0.29, 0.717) is 0 Å². The molecule has 0 aromatic heterocycles. The predicted octanol–water partition coefficient (Wildman–Crippen LogP) is 4.18. The van der Waals surface area contributed by atoms with Crippen molar-refractivity contribution in [3.8, 4) is 0 Å². The van der Waals surface area contributed by atoms with E-state index in [4.69, 9.17) is 0 Å². The molecule has 0 saturated heterocycles. The third-order valence-electron chi connectivity index (χ3n) is 5.12. The summed E-state index contributed by atoms with van der Waals surface area (Å²) in [4.78, 5) is 0. The molecule has 0 unspecified atom stereocenters. The second-order valence-electron chi connectivity index (χ2n) is 7.25. The molecule has 0 atom stereocenters. The van der Waals surface area contributed by atoms with Gasteiger partial charge >= 0.3 is 18.9 Å². The number of rotatable bonds is 0. The van der Waals surface area contributed by atoms with Crippen LogP contribution in [0.3, 0.4) is 0 Å². The van der Waals surface area contributed by atoms with Gasteiger partial charge in [-0.25, -0.2) is 11.1 Å². The Balaban J connectivity index is -0.0000000889. The van der Waals surface area contributed by atoms with Crippen LogP contribution in [0.1, 0.15) is 70.7 Å². The summed E-state index contributed by atoms with van der Waals surface area (Å²) in [6.07, 6.45) is 6.87. The summed E-state index contributed by atoms with van der Waals surface area (Å²) < 4.78 is 0. The Labute approximate surface area is 209 Å². The van der Waals surface area contributed by atoms with Crippen molar-refractivity contribution in [1.82, 2.24) is 0 Å². The van der Waals surface area contributed by atoms with Gasteiger partial charge < -0.3 is 1.43 Å². The Hall–Kier alpha value is 1.49. The van der Waals surface area contributed by atoms with Crippen molar-refractivity contribution >= 4 is 24.8 Å². The molecule has 0 radical (unpaired) electrons. The molecule has 0 saturated carbocycles. The maximum Gasteiger partial charge on any atom is 1.00 e. The van der Waals surface area contributed by atoms with Gasteiger partial charge in [-0.3, -0.25) is 12.2 Å². The van der Waals surface area contributed by atoms with Gasteiger partial charge in [0.2, 0.25) is 0 Å². The first-order valence-electron chi connectivity index (χ1n) is 7.50. The van der Waals surface area contributed by atoms with E-state index in [0.717, 1.165) is 0 Å². The van der Waals surface area contributed by atoms with Gasteiger partial charge in [0.05, 0.1) is 0 Å². The van der Waals surface area contributed by atoms with Gasteiger partial charge in [0.15, 0.2) is 0 Å². The predicted molar refractivity (Wildman–Crippen MR) is 105 cm³/mol. The molecular formula is C20H33Cl2LiNd-2. The minimum absolute atomic E-state index is 0. The average Bonchev–Trinajstić information content (AvgIpc) is 2.60. The molecule has 0 aromatic carbocycles. The number of halogens is 2. The van der Waals surface area contributed by atoms with Crippen molar-refractivity contribution in [2.75, 3.05) is 0 Å². The SMILES string of the molecule is CC1=[C-]C(C)(C)C(C)=C1C.CC1=[C-]C(C)(C)C(C)=C1C.Cl.Cl.[H-].[Li+].[Nd]. The zero-order valence-corrected chi connectivity index (χ0v) is 22.2. The molecule has 2 aliphatic carbocycles. The Morgan fingerprint density at radius 2 is 0.833 bits per heavy atom. The van der Waals surface area contributed by atoms with Crippen molar-refractivity contribution in [3.05, 3.63) is 45.6 Å². The second-order valence-corrected chi connectivity index (χ2v) is 7.25. The van der Waals surface area contributed by atoms with Crippen LogP contribution in [0.4, 0.5) is 0 Å². The topological polar surface area (TPSA) is 0 Å². The monoisotopic (exact) mass is 492 g/mol. The van der Waals surface area contributed by atoms with Gasteiger partial charge in [0, 0.05) is 40.8 Å². The van der Waals surface area contributed by atoms with Crippen molar-refractivity contribution in [2.24, 2.45) is 10.8 Å². The maximum absolute atomic E-state index is 3.44. The third-order valence-corrected chi connectivity index (χ3v) is 5.12. The molecule has 24 heavy (non-hydrogen) atoms. The van der Waals surface area contributed by atoms with Gasteiger partial charge in [-0.2, -0.15) is 22.3 Å². The summed E-state index contributed by atoms with van der Waals surface area (Å²) in [5.41, 5.74) is 8.79. The van der Waals surface area contributed by atoms with E-state index < -0.39 is 0 Å². The zero-order valence-electron chi connectivity index (χ0n) is 18.3. The molecule has 0 aliphatic heterocycles. The van der Waals surface area contributed by atoms with Gasteiger partial charge in [-0.1, -0.05) is 66.2 Å². The average molecular weight is 496 g/mol.